The van der Waals surface area contributed by atoms with Crippen molar-refractivity contribution in [1.29, 1.82) is 0 Å². The summed E-state index contributed by atoms with van der Waals surface area (Å²) in [5.41, 5.74) is 5.77. The average molecular weight is 490 g/mol. The summed E-state index contributed by atoms with van der Waals surface area (Å²) >= 11 is 0. The summed E-state index contributed by atoms with van der Waals surface area (Å²) in [4.78, 5) is 25.5. The van der Waals surface area contributed by atoms with E-state index in [9.17, 15) is 18.0 Å². The maximum absolute atomic E-state index is 12.8. The average Bonchev–Trinajstić information content (AvgIpc) is 2.79. The number of hydrogen-bond donors (Lipinski definition) is 2. The summed E-state index contributed by atoms with van der Waals surface area (Å²) in [5.74, 6) is 0.761. The fourth-order valence-corrected chi connectivity index (χ4v) is 2.59. The first-order valence-electron chi connectivity index (χ1n) is 10.7. The van der Waals surface area contributed by atoms with Gasteiger partial charge in [0.25, 0.3) is 0 Å². The number of nitrogens with one attached hydrogen (secondary N) is 1. The minimum atomic E-state index is -4.48. The number of nitrogens with two attached hydrogens (primary N) is 1. The van der Waals surface area contributed by atoms with Crippen molar-refractivity contribution in [2.24, 2.45) is 5.73 Å². The monoisotopic (exact) mass is 489 g/mol. The van der Waals surface area contributed by atoms with Crippen molar-refractivity contribution in [1.82, 2.24) is 10.3 Å². The third-order valence-electron chi connectivity index (χ3n) is 4.00. The minimum Gasteiger partial charge on any atom is -0.457 e. The molecule has 0 saturated heterocycles. The summed E-state index contributed by atoms with van der Waals surface area (Å²) in [6, 6.07) is 15.2. The number of ketones is 1. The van der Waals surface area contributed by atoms with Gasteiger partial charge in [0.05, 0.1) is 5.56 Å². The lowest BCUT2D eigenvalue weighted by molar-refractivity contribution is -0.137. The fraction of sp³-hybridized carbons (Fsp3) is 0.269. The van der Waals surface area contributed by atoms with Crippen molar-refractivity contribution in [3.63, 3.8) is 0 Å². The second-order valence-corrected chi connectivity index (χ2v) is 7.71. The number of pyridine rings is 1. The summed E-state index contributed by atoms with van der Waals surface area (Å²) < 4.78 is 44.2. The number of aromatic nitrogens is 1. The number of carbonyl (C=O) groups is 2. The van der Waals surface area contributed by atoms with Gasteiger partial charge in [-0.25, -0.2) is 0 Å². The highest BCUT2D eigenvalue weighted by molar-refractivity contribution is 5.97. The van der Waals surface area contributed by atoms with E-state index in [0.29, 0.717) is 29.5 Å². The summed E-state index contributed by atoms with van der Waals surface area (Å²) in [6.07, 6.45) is -2.24. The zero-order chi connectivity index (χ0) is 26.4. The number of rotatable bonds is 6. The Balaban J connectivity index is 0.000000668. The van der Waals surface area contributed by atoms with Gasteiger partial charge in [0.1, 0.15) is 11.5 Å². The number of alkyl halides is 3. The molecule has 0 bridgehead atoms. The minimum absolute atomic E-state index is 0.0200. The molecular formula is C26H30F3N3O3. The number of carbonyl (C=O) groups excluding carboxylic acids is 2. The third kappa shape index (κ3) is 11.8. The highest BCUT2D eigenvalue weighted by Crippen LogP contribution is 2.30. The molecule has 1 heterocycles. The Morgan fingerprint density at radius 3 is 2.26 bits per heavy atom. The highest BCUT2D eigenvalue weighted by atomic mass is 19.4. The Bertz CT molecular complexity index is 1080. The Labute approximate surface area is 203 Å². The van der Waals surface area contributed by atoms with Crippen molar-refractivity contribution in [2.45, 2.75) is 39.4 Å². The maximum Gasteiger partial charge on any atom is 0.416 e. The van der Waals surface area contributed by atoms with Crippen LogP contribution >= 0.6 is 0 Å². The number of Topliss-reactive ketones (excluding diaryl/α,β-unsaturated/α-hetero) is 1. The number of ether oxygens (including phenoxy) is 1. The number of nitrogens with zero attached hydrogens (tertiary/aromatic N) is 1. The van der Waals surface area contributed by atoms with Crippen LogP contribution in [0.5, 0.6) is 11.5 Å². The number of hydrogen-bond acceptors (Lipinski definition) is 5. The van der Waals surface area contributed by atoms with Gasteiger partial charge in [-0.05, 0) is 48.9 Å². The Morgan fingerprint density at radius 2 is 1.69 bits per heavy atom. The van der Waals surface area contributed by atoms with Gasteiger partial charge in [0.15, 0.2) is 5.78 Å². The van der Waals surface area contributed by atoms with E-state index in [1.165, 1.54) is 12.1 Å². The molecule has 3 N–H and O–H groups in total. The normalized spacial score (nSPS) is 10.3. The molecular weight excluding hydrogens is 459 g/mol. The number of aryl methyl sites for hydroxylation is 1. The van der Waals surface area contributed by atoms with E-state index in [-0.39, 0.29) is 12.0 Å². The van der Waals surface area contributed by atoms with Gasteiger partial charge < -0.3 is 15.8 Å². The van der Waals surface area contributed by atoms with E-state index in [4.69, 9.17) is 15.3 Å². The van der Waals surface area contributed by atoms with Gasteiger partial charge in [-0.15, -0.1) is 0 Å². The van der Waals surface area contributed by atoms with Crippen LogP contribution in [-0.4, -0.2) is 30.3 Å². The van der Waals surface area contributed by atoms with E-state index in [0.717, 1.165) is 17.8 Å². The lowest BCUT2D eigenvalue weighted by Gasteiger charge is -2.09. The van der Waals surface area contributed by atoms with Crippen LogP contribution in [0.4, 0.5) is 13.2 Å². The van der Waals surface area contributed by atoms with Crippen molar-refractivity contribution in [3.8, 4) is 11.5 Å². The molecule has 1 amide bonds. The van der Waals surface area contributed by atoms with E-state index in [1.54, 1.807) is 49.6 Å². The molecule has 0 aliphatic carbocycles. The fourth-order valence-electron chi connectivity index (χ4n) is 2.59. The zero-order valence-electron chi connectivity index (χ0n) is 20.1. The van der Waals surface area contributed by atoms with Crippen LogP contribution in [0.2, 0.25) is 0 Å². The molecule has 0 fully saturated rings. The molecule has 1 aromatic heterocycles. The number of benzene rings is 2. The van der Waals surface area contributed by atoms with Crippen LogP contribution in [0.3, 0.4) is 0 Å². The standard InChI is InChI=1S/C21H16F3NO2.C3H9N.C2H5NO/c1-14-10-19(8-9-25-14)27-18-7-2-4-15(11-18)12-20(26)16-5-3-6-17(13-16)21(22,23)24;1-3(2)4;1-3-2-4/h2-11,13H,12H2,1H3;3H,4H2,1-2H3;2H,1H3,(H,3,4). The van der Waals surface area contributed by atoms with Crippen LogP contribution in [0.25, 0.3) is 0 Å². The van der Waals surface area contributed by atoms with Crippen LogP contribution in [0, 0.1) is 6.92 Å². The molecule has 0 aliphatic rings. The molecule has 0 saturated carbocycles. The Kier molecular flexibility index (Phi) is 12.2. The molecule has 3 aromatic rings. The lowest BCUT2D eigenvalue weighted by atomic mass is 10.0. The van der Waals surface area contributed by atoms with Crippen LogP contribution in [0.15, 0.2) is 66.9 Å². The molecule has 188 valence electrons. The van der Waals surface area contributed by atoms with Crippen LogP contribution < -0.4 is 15.8 Å². The maximum atomic E-state index is 12.8. The second kappa shape index (κ2) is 14.5. The van der Waals surface area contributed by atoms with E-state index in [1.807, 2.05) is 20.8 Å². The first-order valence-corrected chi connectivity index (χ1v) is 10.7. The van der Waals surface area contributed by atoms with Gasteiger partial charge in [-0.1, -0.05) is 38.1 Å². The first kappa shape index (κ1) is 29.3. The predicted molar refractivity (Wildman–Crippen MR) is 129 cm³/mol. The molecule has 0 radical (unpaired) electrons. The summed E-state index contributed by atoms with van der Waals surface area (Å²) in [7, 11) is 1.56. The second-order valence-electron chi connectivity index (χ2n) is 7.71. The quantitative estimate of drug-likeness (QED) is 0.360. The molecule has 3 rings (SSSR count). The third-order valence-corrected chi connectivity index (χ3v) is 4.00. The SMILES string of the molecule is CC(C)N.CNC=O.Cc1cc(Oc2cccc(CC(=O)c3cccc(C(F)(F)F)c3)c2)ccn1. The summed E-state index contributed by atoms with van der Waals surface area (Å²) in [6.45, 7) is 5.73. The largest absolute Gasteiger partial charge is 0.457 e. The van der Waals surface area contributed by atoms with Gasteiger partial charge in [-0.2, -0.15) is 13.2 Å². The molecule has 2 aromatic carbocycles. The zero-order valence-corrected chi connectivity index (χ0v) is 20.1. The molecule has 0 spiro atoms. The van der Waals surface area contributed by atoms with Gasteiger partial charge in [0, 0.05) is 37.0 Å². The molecule has 6 nitrogen and oxygen atoms in total. The molecule has 0 unspecified atom stereocenters. The van der Waals surface area contributed by atoms with Crippen LogP contribution in [0.1, 0.15) is 41.0 Å². The number of halogens is 3. The van der Waals surface area contributed by atoms with E-state index < -0.39 is 17.5 Å². The highest BCUT2D eigenvalue weighted by Gasteiger charge is 2.30. The van der Waals surface area contributed by atoms with E-state index in [2.05, 4.69) is 10.3 Å². The van der Waals surface area contributed by atoms with Crippen molar-refractivity contribution >= 4 is 12.2 Å². The van der Waals surface area contributed by atoms with Crippen molar-refractivity contribution in [2.75, 3.05) is 7.05 Å². The predicted octanol–water partition coefficient (Wildman–Crippen LogP) is 5.34. The van der Waals surface area contributed by atoms with Crippen molar-refractivity contribution < 1.29 is 27.5 Å². The smallest absolute Gasteiger partial charge is 0.416 e. The Morgan fingerprint density at radius 1 is 1.09 bits per heavy atom. The molecule has 0 aliphatic heterocycles. The van der Waals surface area contributed by atoms with Crippen LogP contribution in [-0.2, 0) is 17.4 Å². The Hall–Kier alpha value is -3.72. The molecule has 9 heteroatoms. The van der Waals surface area contributed by atoms with Gasteiger partial charge in [-0.3, -0.25) is 14.6 Å². The molecule has 0 atom stereocenters. The first-order chi connectivity index (χ1) is 16.5. The van der Waals surface area contributed by atoms with Gasteiger partial charge in [0.2, 0.25) is 6.41 Å². The summed E-state index contributed by atoms with van der Waals surface area (Å²) in [5, 5.41) is 2.25. The topological polar surface area (TPSA) is 94.3 Å². The van der Waals surface area contributed by atoms with Crippen molar-refractivity contribution in [3.05, 3.63) is 89.2 Å². The number of amides is 1. The lowest BCUT2D eigenvalue weighted by Crippen LogP contribution is -2.09. The van der Waals surface area contributed by atoms with E-state index >= 15 is 0 Å². The van der Waals surface area contributed by atoms with Gasteiger partial charge >= 0.3 is 6.18 Å². The molecule has 35 heavy (non-hydrogen) atoms.